The maximum Gasteiger partial charge on any atom is 0.0621 e. The monoisotopic (exact) mass is 180 g/mol. The molecule has 1 fully saturated rings. The summed E-state index contributed by atoms with van der Waals surface area (Å²) in [6.45, 7) is 3.78. The van der Waals surface area contributed by atoms with Gasteiger partial charge >= 0.3 is 0 Å². The molecule has 1 rings (SSSR count). The molecule has 0 unspecified atom stereocenters. The first-order valence-electron chi connectivity index (χ1n) is 5.53. The van der Waals surface area contributed by atoms with Gasteiger partial charge in [-0.3, -0.25) is 0 Å². The molecule has 2 nitrogen and oxygen atoms in total. The van der Waals surface area contributed by atoms with Crippen molar-refractivity contribution >= 4 is 0 Å². The molecular formula is C11H20N2. The van der Waals surface area contributed by atoms with Crippen molar-refractivity contribution in [3.8, 4) is 6.07 Å². The van der Waals surface area contributed by atoms with E-state index in [-0.39, 0.29) is 0 Å². The van der Waals surface area contributed by atoms with Crippen molar-refractivity contribution in [2.24, 2.45) is 0 Å². The Kier molecular flexibility index (Phi) is 5.60. The molecule has 1 aliphatic heterocycles. The Balaban J connectivity index is 2.02. The third kappa shape index (κ3) is 4.90. The number of rotatable bonds is 4. The van der Waals surface area contributed by atoms with Gasteiger partial charge in [0.05, 0.1) is 6.07 Å². The van der Waals surface area contributed by atoms with Crippen molar-refractivity contribution in [2.45, 2.75) is 44.9 Å². The highest BCUT2D eigenvalue weighted by atomic mass is 15.1. The van der Waals surface area contributed by atoms with Gasteiger partial charge in [-0.1, -0.05) is 12.8 Å². The van der Waals surface area contributed by atoms with E-state index in [2.05, 4.69) is 11.0 Å². The molecule has 0 bridgehead atoms. The quantitative estimate of drug-likeness (QED) is 0.622. The molecular weight excluding hydrogens is 160 g/mol. The molecule has 0 spiro atoms. The molecule has 74 valence electrons. The molecule has 0 atom stereocenters. The lowest BCUT2D eigenvalue weighted by Gasteiger charge is -2.18. The Morgan fingerprint density at radius 1 is 1.00 bits per heavy atom. The second-order valence-electron chi connectivity index (χ2n) is 3.87. The van der Waals surface area contributed by atoms with E-state index in [4.69, 9.17) is 5.26 Å². The van der Waals surface area contributed by atoms with Crippen molar-refractivity contribution < 1.29 is 0 Å². The highest BCUT2D eigenvalue weighted by molar-refractivity contribution is 4.69. The second kappa shape index (κ2) is 6.91. The van der Waals surface area contributed by atoms with Crippen LogP contribution >= 0.6 is 0 Å². The van der Waals surface area contributed by atoms with Crippen LogP contribution in [0.5, 0.6) is 0 Å². The fourth-order valence-corrected chi connectivity index (χ4v) is 1.90. The lowest BCUT2D eigenvalue weighted by atomic mass is 10.2. The number of nitrogens with zero attached hydrogens (tertiary/aromatic N) is 2. The van der Waals surface area contributed by atoms with Crippen LogP contribution in [0.15, 0.2) is 0 Å². The van der Waals surface area contributed by atoms with Crippen LogP contribution in [0.2, 0.25) is 0 Å². The van der Waals surface area contributed by atoms with Gasteiger partial charge < -0.3 is 4.90 Å². The lowest BCUT2D eigenvalue weighted by molar-refractivity contribution is 0.279. The van der Waals surface area contributed by atoms with Crippen molar-refractivity contribution in [2.75, 3.05) is 19.6 Å². The Labute approximate surface area is 81.5 Å². The second-order valence-corrected chi connectivity index (χ2v) is 3.87. The molecule has 0 aromatic heterocycles. The van der Waals surface area contributed by atoms with Crippen LogP contribution in [0.25, 0.3) is 0 Å². The highest BCUT2D eigenvalue weighted by Crippen LogP contribution is 2.10. The zero-order valence-corrected chi connectivity index (χ0v) is 8.47. The molecule has 0 amide bonds. The van der Waals surface area contributed by atoms with Crippen LogP contribution in [-0.2, 0) is 0 Å². The van der Waals surface area contributed by atoms with Crippen molar-refractivity contribution in [3.05, 3.63) is 0 Å². The van der Waals surface area contributed by atoms with Gasteiger partial charge in [0.15, 0.2) is 0 Å². The fourth-order valence-electron chi connectivity index (χ4n) is 1.90. The summed E-state index contributed by atoms with van der Waals surface area (Å²) in [5.41, 5.74) is 0. The van der Waals surface area contributed by atoms with E-state index in [1.165, 1.54) is 51.7 Å². The van der Waals surface area contributed by atoms with E-state index >= 15 is 0 Å². The number of unbranched alkanes of at least 4 members (excludes halogenated alkanes) is 2. The average molecular weight is 180 g/mol. The van der Waals surface area contributed by atoms with E-state index in [0.717, 1.165) is 12.8 Å². The first-order valence-corrected chi connectivity index (χ1v) is 5.53. The summed E-state index contributed by atoms with van der Waals surface area (Å²) in [6, 6.07) is 2.20. The summed E-state index contributed by atoms with van der Waals surface area (Å²) in [4.78, 5) is 2.56. The van der Waals surface area contributed by atoms with Gasteiger partial charge in [-0.05, 0) is 45.3 Å². The summed E-state index contributed by atoms with van der Waals surface area (Å²) in [5, 5.41) is 8.38. The van der Waals surface area contributed by atoms with Gasteiger partial charge in [0.1, 0.15) is 0 Å². The normalized spacial score (nSPS) is 19.3. The maximum atomic E-state index is 8.38. The van der Waals surface area contributed by atoms with Crippen molar-refractivity contribution in [1.29, 1.82) is 5.26 Å². The van der Waals surface area contributed by atoms with E-state index in [9.17, 15) is 0 Å². The summed E-state index contributed by atoms with van der Waals surface area (Å²) < 4.78 is 0. The van der Waals surface area contributed by atoms with E-state index in [0.29, 0.717) is 0 Å². The van der Waals surface area contributed by atoms with Crippen LogP contribution in [0.3, 0.4) is 0 Å². The lowest BCUT2D eigenvalue weighted by Crippen LogP contribution is -2.25. The van der Waals surface area contributed by atoms with Crippen LogP contribution in [0.1, 0.15) is 44.9 Å². The van der Waals surface area contributed by atoms with Gasteiger partial charge in [0.25, 0.3) is 0 Å². The Hall–Kier alpha value is -0.550. The van der Waals surface area contributed by atoms with Gasteiger partial charge in [-0.25, -0.2) is 0 Å². The minimum atomic E-state index is 0.730. The summed E-state index contributed by atoms with van der Waals surface area (Å²) in [6.07, 6.45) is 8.58. The standard InChI is InChI=1S/C11H20N2/c12-8-4-3-7-11-13-9-5-1-2-6-10-13/h1-7,9-11H2. The molecule has 0 N–H and O–H groups in total. The fraction of sp³-hybridized carbons (Fsp3) is 0.909. The Bertz CT molecular complexity index is 152. The third-order valence-corrected chi connectivity index (χ3v) is 2.71. The van der Waals surface area contributed by atoms with Crippen LogP contribution in [-0.4, -0.2) is 24.5 Å². The predicted molar refractivity (Wildman–Crippen MR) is 54.4 cm³/mol. The Morgan fingerprint density at radius 2 is 1.69 bits per heavy atom. The van der Waals surface area contributed by atoms with Crippen LogP contribution in [0.4, 0.5) is 0 Å². The topological polar surface area (TPSA) is 27.0 Å². The summed E-state index contributed by atoms with van der Waals surface area (Å²) in [7, 11) is 0. The minimum Gasteiger partial charge on any atom is -0.303 e. The van der Waals surface area contributed by atoms with Gasteiger partial charge in [-0.2, -0.15) is 5.26 Å². The van der Waals surface area contributed by atoms with E-state index in [1.807, 2.05) is 0 Å². The number of nitriles is 1. The molecule has 0 aromatic carbocycles. The minimum absolute atomic E-state index is 0.730. The SMILES string of the molecule is N#CCCCCN1CCCCCC1. The molecule has 0 aromatic rings. The molecule has 1 saturated heterocycles. The van der Waals surface area contributed by atoms with Gasteiger partial charge in [0, 0.05) is 6.42 Å². The zero-order valence-electron chi connectivity index (χ0n) is 8.47. The van der Waals surface area contributed by atoms with E-state index in [1.54, 1.807) is 0 Å². The number of hydrogen-bond acceptors (Lipinski definition) is 2. The molecule has 0 radical (unpaired) electrons. The van der Waals surface area contributed by atoms with Crippen LogP contribution in [0, 0.1) is 11.3 Å². The highest BCUT2D eigenvalue weighted by Gasteiger charge is 2.07. The molecule has 1 heterocycles. The van der Waals surface area contributed by atoms with Gasteiger partial charge in [-0.15, -0.1) is 0 Å². The number of likely N-dealkylation sites (tertiary alicyclic amines) is 1. The molecule has 1 aliphatic rings. The largest absolute Gasteiger partial charge is 0.303 e. The summed E-state index contributed by atoms with van der Waals surface area (Å²) >= 11 is 0. The average Bonchev–Trinajstić information content (AvgIpc) is 2.41. The first kappa shape index (κ1) is 10.5. The Morgan fingerprint density at radius 3 is 2.31 bits per heavy atom. The van der Waals surface area contributed by atoms with Crippen molar-refractivity contribution in [3.63, 3.8) is 0 Å². The van der Waals surface area contributed by atoms with E-state index < -0.39 is 0 Å². The van der Waals surface area contributed by atoms with Crippen LogP contribution < -0.4 is 0 Å². The zero-order chi connectivity index (χ0) is 9.36. The van der Waals surface area contributed by atoms with Crippen molar-refractivity contribution in [1.82, 2.24) is 4.90 Å². The molecule has 0 aliphatic carbocycles. The molecule has 0 saturated carbocycles. The first-order chi connectivity index (χ1) is 6.43. The third-order valence-electron chi connectivity index (χ3n) is 2.71. The number of hydrogen-bond donors (Lipinski definition) is 0. The smallest absolute Gasteiger partial charge is 0.0621 e. The molecule has 13 heavy (non-hydrogen) atoms. The maximum absolute atomic E-state index is 8.38. The summed E-state index contributed by atoms with van der Waals surface area (Å²) in [5.74, 6) is 0. The molecule has 2 heteroatoms. The predicted octanol–water partition coefficient (Wildman–Crippen LogP) is 2.56. The van der Waals surface area contributed by atoms with Gasteiger partial charge in [0.2, 0.25) is 0 Å².